The van der Waals surface area contributed by atoms with Gasteiger partial charge in [-0.15, -0.1) is 0 Å². The minimum absolute atomic E-state index is 0.962. The van der Waals surface area contributed by atoms with Crippen molar-refractivity contribution >= 4 is 43.5 Å². The highest BCUT2D eigenvalue weighted by atomic mass is 16.3. The van der Waals surface area contributed by atoms with Gasteiger partial charge in [-0.2, -0.15) is 0 Å². The Morgan fingerprint density at radius 3 is 1.04 bits per heavy atom. The molecule has 0 aliphatic carbocycles. The first-order valence-corrected chi connectivity index (χ1v) is 17.2. The molecular weight excluding hydrogens is 544 g/mol. The van der Waals surface area contributed by atoms with Crippen molar-refractivity contribution in [2.75, 3.05) is 0 Å². The number of hydrogen-bond donors (Lipinski definition) is 0. The summed E-state index contributed by atoms with van der Waals surface area (Å²) in [5.41, 5.74) is 6.01. The van der Waals surface area contributed by atoms with Gasteiger partial charge in [0.05, 0.1) is 0 Å². The number of aryl methyl sites for hydroxylation is 1. The van der Waals surface area contributed by atoms with E-state index in [1.807, 2.05) is 106 Å². The van der Waals surface area contributed by atoms with E-state index < -0.39 is 0 Å². The molecule has 0 fully saturated rings. The molecule has 0 aliphatic heterocycles. The molecule has 1 heteroatoms. The summed E-state index contributed by atoms with van der Waals surface area (Å²) in [7, 11) is 0. The van der Waals surface area contributed by atoms with Crippen LogP contribution >= 0.6 is 0 Å². The fourth-order valence-electron chi connectivity index (χ4n) is 5.19. The molecule has 7 aromatic rings. The second kappa shape index (κ2) is 22.2. The van der Waals surface area contributed by atoms with Gasteiger partial charge in [0.1, 0.15) is 11.2 Å². The van der Waals surface area contributed by atoms with Crippen molar-refractivity contribution in [3.63, 3.8) is 0 Å². The third-order valence-corrected chi connectivity index (χ3v) is 6.74. The summed E-state index contributed by atoms with van der Waals surface area (Å²) in [6.45, 7) is 22.2. The lowest BCUT2D eigenvalue weighted by Crippen LogP contribution is -1.91. The Balaban J connectivity index is 0.000000376. The van der Waals surface area contributed by atoms with Crippen LogP contribution in [0.4, 0.5) is 0 Å². The van der Waals surface area contributed by atoms with Crippen molar-refractivity contribution in [2.24, 2.45) is 0 Å². The van der Waals surface area contributed by atoms with Crippen LogP contribution in [0.15, 0.2) is 132 Å². The van der Waals surface area contributed by atoms with Crippen LogP contribution in [0.25, 0.3) is 54.6 Å². The topological polar surface area (TPSA) is 13.1 Å². The minimum Gasteiger partial charge on any atom is -0.456 e. The molecular formula is C44H56O. The van der Waals surface area contributed by atoms with Crippen LogP contribution < -0.4 is 0 Å². The molecule has 1 heterocycles. The average molecular weight is 601 g/mol. The zero-order valence-corrected chi connectivity index (χ0v) is 29.7. The first-order chi connectivity index (χ1) is 22.3. The van der Waals surface area contributed by atoms with Gasteiger partial charge >= 0.3 is 0 Å². The van der Waals surface area contributed by atoms with Crippen LogP contribution in [-0.4, -0.2) is 0 Å². The zero-order chi connectivity index (χ0) is 33.6. The summed E-state index contributed by atoms with van der Waals surface area (Å²) in [4.78, 5) is 0. The van der Waals surface area contributed by atoms with Gasteiger partial charge in [0.25, 0.3) is 0 Å². The molecule has 1 aromatic heterocycles. The van der Waals surface area contributed by atoms with Gasteiger partial charge in [0.2, 0.25) is 0 Å². The van der Waals surface area contributed by atoms with Crippen molar-refractivity contribution in [3.8, 4) is 11.1 Å². The van der Waals surface area contributed by atoms with Gasteiger partial charge in [-0.25, -0.2) is 0 Å². The molecule has 0 N–H and O–H groups in total. The number of hydrogen-bond acceptors (Lipinski definition) is 1. The van der Waals surface area contributed by atoms with E-state index in [0.717, 1.165) is 17.6 Å². The van der Waals surface area contributed by atoms with E-state index in [0.29, 0.717) is 0 Å². The second-order valence-corrected chi connectivity index (χ2v) is 8.76. The molecule has 0 bridgehead atoms. The highest BCUT2D eigenvalue weighted by Gasteiger charge is 2.13. The van der Waals surface area contributed by atoms with E-state index in [-0.39, 0.29) is 0 Å². The van der Waals surface area contributed by atoms with E-state index in [2.05, 4.69) is 97.9 Å². The molecule has 238 valence electrons. The first-order valence-electron chi connectivity index (χ1n) is 17.2. The van der Waals surface area contributed by atoms with Gasteiger partial charge in [0.15, 0.2) is 0 Å². The Morgan fingerprint density at radius 1 is 0.356 bits per heavy atom. The van der Waals surface area contributed by atoms with Crippen molar-refractivity contribution in [2.45, 2.75) is 82.6 Å². The highest BCUT2D eigenvalue weighted by Crippen LogP contribution is 2.39. The van der Waals surface area contributed by atoms with Crippen LogP contribution in [0, 0.1) is 0 Å². The largest absolute Gasteiger partial charge is 0.456 e. The van der Waals surface area contributed by atoms with Crippen LogP contribution in [0.3, 0.4) is 0 Å². The standard InChI is InChI=1S/C22H18.C12H8O.5C2H6/c1-2-17-18-12-6-8-14-20(18)22(16-10-4-3-5-11-16)21-15-9-7-13-19(17)21;1-3-7-11-9(5-1)10-6-2-4-8-12(10)13-11;5*1-2/h3-15H,2H2,1H3;1-8H;5*1-2H3. The summed E-state index contributed by atoms with van der Waals surface area (Å²) >= 11 is 0. The Kier molecular flexibility index (Phi) is 19.1. The number of fused-ring (bicyclic) bond motifs is 5. The Labute approximate surface area is 273 Å². The van der Waals surface area contributed by atoms with Gasteiger partial charge in [-0.1, -0.05) is 191 Å². The van der Waals surface area contributed by atoms with Gasteiger partial charge < -0.3 is 4.42 Å². The van der Waals surface area contributed by atoms with E-state index in [1.165, 1.54) is 49.0 Å². The highest BCUT2D eigenvalue weighted by molar-refractivity contribution is 6.15. The quantitative estimate of drug-likeness (QED) is 0.180. The third-order valence-electron chi connectivity index (χ3n) is 6.74. The molecule has 0 aliphatic rings. The van der Waals surface area contributed by atoms with E-state index in [1.54, 1.807) is 0 Å². The molecule has 45 heavy (non-hydrogen) atoms. The van der Waals surface area contributed by atoms with Gasteiger partial charge in [-0.3, -0.25) is 0 Å². The van der Waals surface area contributed by atoms with Crippen molar-refractivity contribution < 1.29 is 4.42 Å². The van der Waals surface area contributed by atoms with E-state index in [4.69, 9.17) is 4.42 Å². The molecule has 7 rings (SSSR count). The van der Waals surface area contributed by atoms with E-state index >= 15 is 0 Å². The summed E-state index contributed by atoms with van der Waals surface area (Å²) in [6, 6.07) is 44.5. The van der Waals surface area contributed by atoms with Gasteiger partial charge in [-0.05, 0) is 56.8 Å². The van der Waals surface area contributed by atoms with Crippen LogP contribution in [0.1, 0.15) is 81.7 Å². The van der Waals surface area contributed by atoms with Crippen molar-refractivity contribution in [3.05, 3.63) is 133 Å². The predicted molar refractivity (Wildman–Crippen MR) is 207 cm³/mol. The predicted octanol–water partition coefficient (Wildman–Crippen LogP) is 14.9. The van der Waals surface area contributed by atoms with Gasteiger partial charge in [0, 0.05) is 10.8 Å². The number of furan rings is 1. The van der Waals surface area contributed by atoms with Crippen LogP contribution in [-0.2, 0) is 6.42 Å². The molecule has 0 amide bonds. The third kappa shape index (κ3) is 9.32. The lowest BCUT2D eigenvalue weighted by molar-refractivity contribution is 0.669. The van der Waals surface area contributed by atoms with Crippen molar-refractivity contribution in [1.29, 1.82) is 0 Å². The van der Waals surface area contributed by atoms with Crippen LogP contribution in [0.5, 0.6) is 0 Å². The number of benzene rings is 6. The minimum atomic E-state index is 0.962. The molecule has 0 spiro atoms. The monoisotopic (exact) mass is 600 g/mol. The SMILES string of the molecule is CC.CC.CC.CC.CC.CCc1c2ccccc2c(-c2ccccc2)c2ccccc12.c1ccc2c(c1)oc1ccccc12. The summed E-state index contributed by atoms with van der Waals surface area (Å²) < 4.78 is 5.65. The maximum Gasteiger partial charge on any atom is 0.135 e. The Morgan fingerprint density at radius 2 is 0.667 bits per heavy atom. The maximum absolute atomic E-state index is 5.65. The molecule has 0 saturated carbocycles. The second-order valence-electron chi connectivity index (χ2n) is 8.76. The summed E-state index contributed by atoms with van der Waals surface area (Å²) in [6.07, 6.45) is 1.05. The fourth-order valence-corrected chi connectivity index (χ4v) is 5.19. The molecule has 6 aromatic carbocycles. The fraction of sp³-hybridized carbons (Fsp3) is 0.273. The first kappa shape index (κ1) is 38.7. The molecule has 0 unspecified atom stereocenters. The number of rotatable bonds is 2. The smallest absolute Gasteiger partial charge is 0.135 e. The lowest BCUT2D eigenvalue weighted by Gasteiger charge is -2.16. The van der Waals surface area contributed by atoms with Crippen molar-refractivity contribution in [1.82, 2.24) is 0 Å². The maximum atomic E-state index is 5.65. The summed E-state index contributed by atoms with van der Waals surface area (Å²) in [5.74, 6) is 0. The van der Waals surface area contributed by atoms with E-state index in [9.17, 15) is 0 Å². The molecule has 1 nitrogen and oxygen atoms in total. The van der Waals surface area contributed by atoms with Crippen LogP contribution in [0.2, 0.25) is 0 Å². The molecule has 0 saturated heterocycles. The molecule has 0 radical (unpaired) electrons. The summed E-state index contributed by atoms with van der Waals surface area (Å²) in [5, 5.41) is 7.84. The Hall–Kier alpha value is -4.36. The average Bonchev–Trinajstić information content (AvgIpc) is 3.54. The lowest BCUT2D eigenvalue weighted by atomic mass is 9.88. The Bertz CT molecular complexity index is 1670. The molecule has 0 atom stereocenters. The normalized spacial score (nSPS) is 9.31. The number of para-hydroxylation sites is 2. The zero-order valence-electron chi connectivity index (χ0n) is 29.7.